The summed E-state index contributed by atoms with van der Waals surface area (Å²) < 4.78 is 0. The van der Waals surface area contributed by atoms with E-state index in [9.17, 15) is 4.79 Å². The quantitative estimate of drug-likeness (QED) is 0.913. The summed E-state index contributed by atoms with van der Waals surface area (Å²) in [5.41, 5.74) is 1.56. The van der Waals surface area contributed by atoms with Gasteiger partial charge < -0.3 is 15.1 Å². The number of carbonyl (C=O) groups is 1. The molecule has 128 valence electrons. The summed E-state index contributed by atoms with van der Waals surface area (Å²) in [5.74, 6) is 0.797. The van der Waals surface area contributed by atoms with Crippen LogP contribution in [0.1, 0.15) is 44.7 Å². The van der Waals surface area contributed by atoms with Crippen molar-refractivity contribution in [2.45, 2.75) is 45.2 Å². The zero-order chi connectivity index (χ0) is 16.6. The lowest BCUT2D eigenvalue weighted by molar-refractivity contribution is -0.0250. The van der Waals surface area contributed by atoms with Crippen molar-refractivity contribution in [3.63, 3.8) is 0 Å². The van der Waals surface area contributed by atoms with E-state index in [0.29, 0.717) is 12.6 Å². The zero-order valence-corrected chi connectivity index (χ0v) is 15.5. The molecule has 1 aromatic rings. The molecule has 0 aromatic carbocycles. The molecule has 1 N–H and O–H groups in total. The number of nitrogens with one attached hydrogen (secondary N) is 1. The Hall–Kier alpha value is -1.07. The Labute approximate surface area is 143 Å². The number of thiophene rings is 1. The molecule has 23 heavy (non-hydrogen) atoms. The van der Waals surface area contributed by atoms with E-state index in [4.69, 9.17) is 0 Å². The van der Waals surface area contributed by atoms with Crippen molar-refractivity contribution in [1.82, 2.24) is 15.1 Å². The molecule has 2 saturated heterocycles. The fourth-order valence-electron chi connectivity index (χ4n) is 4.26. The Morgan fingerprint density at radius 1 is 1.52 bits per heavy atom. The Morgan fingerprint density at radius 3 is 2.91 bits per heavy atom. The van der Waals surface area contributed by atoms with Crippen LogP contribution in [0.3, 0.4) is 0 Å². The van der Waals surface area contributed by atoms with Gasteiger partial charge in [0.1, 0.15) is 0 Å². The van der Waals surface area contributed by atoms with Crippen LogP contribution >= 0.6 is 11.3 Å². The number of urea groups is 1. The summed E-state index contributed by atoms with van der Waals surface area (Å²) in [6.07, 6.45) is 3.59. The van der Waals surface area contributed by atoms with Gasteiger partial charge in [0.05, 0.1) is 6.04 Å². The molecule has 2 aliphatic heterocycles. The second-order valence-corrected chi connectivity index (χ2v) is 8.61. The van der Waals surface area contributed by atoms with Gasteiger partial charge in [-0.05, 0) is 67.1 Å². The summed E-state index contributed by atoms with van der Waals surface area (Å²) in [7, 11) is 4.14. The van der Waals surface area contributed by atoms with Crippen molar-refractivity contribution in [2.24, 2.45) is 11.3 Å². The van der Waals surface area contributed by atoms with Gasteiger partial charge >= 0.3 is 6.03 Å². The maximum absolute atomic E-state index is 12.8. The molecule has 0 radical (unpaired) electrons. The van der Waals surface area contributed by atoms with Gasteiger partial charge in [-0.25, -0.2) is 4.79 Å². The first-order valence-corrected chi connectivity index (χ1v) is 9.58. The number of hydrogen-bond donors (Lipinski definition) is 1. The SMILES string of the molecule is CN(C)C(CNC(=O)N1CCCC2CC1C2(C)C)c1ccsc1. The van der Waals surface area contributed by atoms with Crippen LogP contribution in [0, 0.1) is 11.3 Å². The topological polar surface area (TPSA) is 35.6 Å². The van der Waals surface area contributed by atoms with Crippen molar-refractivity contribution in [2.75, 3.05) is 27.2 Å². The maximum Gasteiger partial charge on any atom is 0.317 e. The summed E-state index contributed by atoms with van der Waals surface area (Å²) in [5, 5.41) is 7.46. The molecule has 3 fully saturated rings. The van der Waals surface area contributed by atoms with Crippen molar-refractivity contribution in [3.05, 3.63) is 22.4 Å². The third kappa shape index (κ3) is 3.13. The van der Waals surface area contributed by atoms with Gasteiger partial charge in [0.25, 0.3) is 0 Å². The molecule has 3 unspecified atom stereocenters. The first-order valence-electron chi connectivity index (χ1n) is 8.64. The normalized spacial score (nSPS) is 27.3. The molecule has 0 spiro atoms. The van der Waals surface area contributed by atoms with E-state index in [1.807, 2.05) is 0 Å². The first-order chi connectivity index (χ1) is 10.9. The number of rotatable bonds is 4. The fourth-order valence-corrected chi connectivity index (χ4v) is 4.97. The highest BCUT2D eigenvalue weighted by Crippen LogP contribution is 2.53. The van der Waals surface area contributed by atoms with Crippen molar-refractivity contribution in [3.8, 4) is 0 Å². The molecule has 5 heteroatoms. The Kier molecular flexibility index (Phi) is 4.70. The molecule has 3 aliphatic rings. The number of likely N-dealkylation sites (N-methyl/N-ethyl adjacent to an activating group) is 1. The van der Waals surface area contributed by atoms with Crippen LogP contribution in [-0.4, -0.2) is 49.1 Å². The molecule has 3 heterocycles. The minimum Gasteiger partial charge on any atom is -0.336 e. The maximum atomic E-state index is 12.8. The summed E-state index contributed by atoms with van der Waals surface area (Å²) in [6.45, 7) is 6.22. The van der Waals surface area contributed by atoms with Crippen LogP contribution in [0.2, 0.25) is 0 Å². The lowest BCUT2D eigenvalue weighted by Gasteiger charge is -2.54. The lowest BCUT2D eigenvalue weighted by Crippen LogP contribution is -2.60. The molecule has 1 saturated carbocycles. The first kappa shape index (κ1) is 16.8. The van der Waals surface area contributed by atoms with Crippen LogP contribution < -0.4 is 5.32 Å². The van der Waals surface area contributed by atoms with Crippen molar-refractivity contribution in [1.29, 1.82) is 0 Å². The molecular weight excluding hydrogens is 306 g/mol. The highest BCUT2D eigenvalue weighted by atomic mass is 32.1. The van der Waals surface area contributed by atoms with Crippen molar-refractivity contribution < 1.29 is 4.79 Å². The Bertz CT molecular complexity index is 540. The molecule has 2 amide bonds. The Morgan fingerprint density at radius 2 is 2.30 bits per heavy atom. The van der Waals surface area contributed by atoms with E-state index < -0.39 is 0 Å². The predicted molar refractivity (Wildman–Crippen MR) is 95.8 cm³/mol. The van der Waals surface area contributed by atoms with Crippen LogP contribution in [0.25, 0.3) is 0 Å². The lowest BCUT2D eigenvalue weighted by atomic mass is 9.57. The third-order valence-electron chi connectivity index (χ3n) is 6.01. The van der Waals surface area contributed by atoms with E-state index in [1.165, 1.54) is 18.4 Å². The van der Waals surface area contributed by atoms with Gasteiger partial charge in [-0.1, -0.05) is 13.8 Å². The average Bonchev–Trinajstić information content (AvgIpc) is 2.85. The van der Waals surface area contributed by atoms with E-state index in [-0.39, 0.29) is 17.5 Å². The zero-order valence-electron chi connectivity index (χ0n) is 14.7. The number of hydrogen-bond acceptors (Lipinski definition) is 3. The molecular formula is C18H29N3OS. The highest BCUT2D eigenvalue weighted by molar-refractivity contribution is 7.07. The third-order valence-corrected chi connectivity index (χ3v) is 6.71. The summed E-state index contributed by atoms with van der Waals surface area (Å²) >= 11 is 1.71. The number of amides is 2. The van der Waals surface area contributed by atoms with E-state index in [1.54, 1.807) is 11.3 Å². The van der Waals surface area contributed by atoms with Gasteiger partial charge in [-0.15, -0.1) is 0 Å². The molecule has 3 atom stereocenters. The van der Waals surface area contributed by atoms with Crippen LogP contribution in [0.5, 0.6) is 0 Å². The van der Waals surface area contributed by atoms with E-state index >= 15 is 0 Å². The second kappa shape index (κ2) is 6.44. The van der Waals surface area contributed by atoms with Gasteiger partial charge in [0, 0.05) is 19.1 Å². The van der Waals surface area contributed by atoms with Crippen molar-refractivity contribution >= 4 is 17.4 Å². The average molecular weight is 336 g/mol. The Balaban J connectivity index is 1.62. The fraction of sp³-hybridized carbons (Fsp3) is 0.722. The standard InChI is InChI=1S/C18H29N3OS/c1-18(2)14-6-5-8-21(16(18)10-14)17(22)19-11-15(20(3)4)13-7-9-23-12-13/h7,9,12,14-16H,5-6,8,10-11H2,1-4H3,(H,19,22). The number of fused-ring (bicyclic) bond motifs is 3. The van der Waals surface area contributed by atoms with E-state index in [2.05, 4.69) is 59.9 Å². The van der Waals surface area contributed by atoms with Gasteiger partial charge in [-0.2, -0.15) is 11.3 Å². The smallest absolute Gasteiger partial charge is 0.317 e. The van der Waals surface area contributed by atoms with Crippen LogP contribution in [0.15, 0.2) is 16.8 Å². The molecule has 4 rings (SSSR count). The minimum absolute atomic E-state index is 0.116. The number of nitrogens with zero attached hydrogens (tertiary/aromatic N) is 2. The van der Waals surface area contributed by atoms with Crippen LogP contribution in [0.4, 0.5) is 4.79 Å². The monoisotopic (exact) mass is 335 g/mol. The summed E-state index contributed by atoms with van der Waals surface area (Å²) in [6, 6.07) is 2.91. The number of carbonyl (C=O) groups excluding carboxylic acids is 1. The van der Waals surface area contributed by atoms with Crippen LogP contribution in [-0.2, 0) is 0 Å². The van der Waals surface area contributed by atoms with Gasteiger partial charge in [0.2, 0.25) is 0 Å². The van der Waals surface area contributed by atoms with E-state index in [0.717, 1.165) is 18.9 Å². The molecule has 4 nitrogen and oxygen atoms in total. The molecule has 2 bridgehead atoms. The molecule has 1 aromatic heterocycles. The summed E-state index contributed by atoms with van der Waals surface area (Å²) in [4.78, 5) is 17.0. The predicted octanol–water partition coefficient (Wildman–Crippen LogP) is 3.57. The highest BCUT2D eigenvalue weighted by Gasteiger charge is 2.52. The molecule has 1 aliphatic carbocycles. The van der Waals surface area contributed by atoms with Gasteiger partial charge in [0.15, 0.2) is 0 Å². The van der Waals surface area contributed by atoms with Gasteiger partial charge in [-0.3, -0.25) is 0 Å². The largest absolute Gasteiger partial charge is 0.336 e. The second-order valence-electron chi connectivity index (χ2n) is 7.83. The minimum atomic E-state index is 0.116.